The van der Waals surface area contributed by atoms with E-state index in [-0.39, 0.29) is 12.2 Å². The van der Waals surface area contributed by atoms with Crippen LogP contribution in [0.1, 0.15) is 35.7 Å². The number of Topliss-reactive ketones (excluding diaryl/α,β-unsaturated/α-hetero) is 1. The zero-order valence-corrected chi connectivity index (χ0v) is 15.0. The van der Waals surface area contributed by atoms with Gasteiger partial charge in [0.15, 0.2) is 0 Å². The fraction of sp³-hybridized carbons (Fsp3) is 0.174. The zero-order valence-electron chi connectivity index (χ0n) is 15.0. The molecule has 3 aromatic carbocycles. The summed E-state index contributed by atoms with van der Waals surface area (Å²) in [4.78, 5) is 29.8. The molecule has 0 spiro atoms. The maximum atomic E-state index is 13.3. The Balaban J connectivity index is 1.70. The lowest BCUT2D eigenvalue weighted by Crippen LogP contribution is -2.36. The number of ether oxygens (including phenoxy) is 1. The average molecular weight is 357 g/mol. The van der Waals surface area contributed by atoms with E-state index >= 15 is 0 Å². The maximum Gasteiger partial charge on any atom is 0.310 e. The zero-order chi connectivity index (χ0) is 18.9. The van der Waals surface area contributed by atoms with Crippen LogP contribution in [0.5, 0.6) is 0 Å². The number of hydrogen-bond acceptors (Lipinski definition) is 4. The molecule has 3 aromatic rings. The maximum absolute atomic E-state index is 13.3. The van der Waals surface area contributed by atoms with E-state index in [2.05, 4.69) is 4.99 Å². The highest BCUT2D eigenvalue weighted by molar-refractivity contribution is 6.33. The molecule has 1 atom stereocenters. The third-order valence-corrected chi connectivity index (χ3v) is 4.62. The van der Waals surface area contributed by atoms with Gasteiger partial charge in [0.25, 0.3) is 0 Å². The van der Waals surface area contributed by atoms with E-state index in [4.69, 9.17) is 4.74 Å². The van der Waals surface area contributed by atoms with Crippen LogP contribution in [0, 0.1) is 0 Å². The fourth-order valence-corrected chi connectivity index (χ4v) is 3.21. The predicted molar refractivity (Wildman–Crippen MR) is 105 cm³/mol. The lowest BCUT2D eigenvalue weighted by molar-refractivity contribution is -0.148. The Hall–Kier alpha value is -3.27. The van der Waals surface area contributed by atoms with Crippen LogP contribution < -0.4 is 0 Å². The van der Waals surface area contributed by atoms with Gasteiger partial charge in [0, 0.05) is 17.5 Å². The molecule has 4 rings (SSSR count). The number of fused-ring (bicyclic) bond motifs is 1. The Morgan fingerprint density at radius 2 is 1.63 bits per heavy atom. The van der Waals surface area contributed by atoms with E-state index in [0.29, 0.717) is 17.7 Å². The molecule has 1 heterocycles. The second-order valence-corrected chi connectivity index (χ2v) is 6.59. The summed E-state index contributed by atoms with van der Waals surface area (Å²) in [6.07, 6.45) is 0.907. The SMILES string of the molecule is CCCC(=O)OC1(C(=O)c2ccc3ccccc3c2)N=C1c1ccccc1. The Morgan fingerprint density at radius 1 is 0.926 bits per heavy atom. The van der Waals surface area contributed by atoms with Gasteiger partial charge in [0.05, 0.1) is 0 Å². The van der Waals surface area contributed by atoms with Gasteiger partial charge in [0.1, 0.15) is 5.71 Å². The van der Waals surface area contributed by atoms with Crippen LogP contribution in [0.2, 0.25) is 0 Å². The molecule has 134 valence electrons. The van der Waals surface area contributed by atoms with Gasteiger partial charge < -0.3 is 4.74 Å². The number of carbonyl (C=O) groups excluding carboxylic acids is 2. The van der Waals surface area contributed by atoms with E-state index < -0.39 is 11.7 Å². The Bertz CT molecular complexity index is 1060. The van der Waals surface area contributed by atoms with Crippen molar-refractivity contribution in [3.63, 3.8) is 0 Å². The quantitative estimate of drug-likeness (QED) is 0.480. The highest BCUT2D eigenvalue weighted by atomic mass is 16.6. The summed E-state index contributed by atoms with van der Waals surface area (Å²) in [5.74, 6) is -0.724. The van der Waals surface area contributed by atoms with Crippen LogP contribution in [0.15, 0.2) is 77.8 Å². The van der Waals surface area contributed by atoms with Crippen LogP contribution in [0.4, 0.5) is 0 Å². The molecular weight excluding hydrogens is 338 g/mol. The summed E-state index contributed by atoms with van der Waals surface area (Å²) >= 11 is 0. The van der Waals surface area contributed by atoms with Crippen LogP contribution in [-0.2, 0) is 9.53 Å². The summed E-state index contributed by atoms with van der Waals surface area (Å²) in [7, 11) is 0. The molecule has 0 N–H and O–H groups in total. The first-order valence-electron chi connectivity index (χ1n) is 9.05. The van der Waals surface area contributed by atoms with E-state index in [1.807, 2.05) is 73.7 Å². The largest absolute Gasteiger partial charge is 0.423 e. The first-order chi connectivity index (χ1) is 13.1. The standard InChI is InChI=1S/C23H19NO3/c1-2-8-20(25)27-23(21(24-23)17-10-4-3-5-11-17)22(26)19-14-13-16-9-6-7-12-18(16)15-19/h3-7,9-15H,2,8H2,1H3. The third kappa shape index (κ3) is 3.14. The topological polar surface area (TPSA) is 55.7 Å². The summed E-state index contributed by atoms with van der Waals surface area (Å²) in [6.45, 7) is 1.89. The lowest BCUT2D eigenvalue weighted by Gasteiger charge is -2.16. The second kappa shape index (κ2) is 6.80. The number of carbonyl (C=O) groups is 2. The van der Waals surface area contributed by atoms with Crippen LogP contribution in [0.3, 0.4) is 0 Å². The highest BCUT2D eigenvalue weighted by Crippen LogP contribution is 2.38. The molecule has 0 bridgehead atoms. The molecule has 0 saturated heterocycles. The average Bonchev–Trinajstić information content (AvgIpc) is 3.43. The van der Waals surface area contributed by atoms with Crippen molar-refractivity contribution in [2.24, 2.45) is 4.99 Å². The molecule has 4 heteroatoms. The number of benzene rings is 3. The molecule has 0 radical (unpaired) electrons. The summed E-state index contributed by atoms with van der Waals surface area (Å²) in [6, 6.07) is 22.7. The summed E-state index contributed by atoms with van der Waals surface area (Å²) in [5, 5.41) is 2.01. The van der Waals surface area contributed by atoms with Gasteiger partial charge in [-0.05, 0) is 23.3 Å². The van der Waals surface area contributed by atoms with Crippen molar-refractivity contribution in [2.75, 3.05) is 0 Å². The normalized spacial score (nSPS) is 18.0. The van der Waals surface area contributed by atoms with Crippen molar-refractivity contribution in [3.8, 4) is 0 Å². The summed E-state index contributed by atoms with van der Waals surface area (Å²) in [5.41, 5.74) is 0.241. The third-order valence-electron chi connectivity index (χ3n) is 4.62. The molecule has 4 nitrogen and oxygen atoms in total. The molecule has 1 aliphatic rings. The van der Waals surface area contributed by atoms with Gasteiger partial charge in [-0.15, -0.1) is 0 Å². The van der Waals surface area contributed by atoms with E-state index in [9.17, 15) is 9.59 Å². The van der Waals surface area contributed by atoms with Gasteiger partial charge in [-0.25, -0.2) is 4.99 Å². The highest BCUT2D eigenvalue weighted by Gasteiger charge is 2.58. The van der Waals surface area contributed by atoms with E-state index in [1.54, 1.807) is 6.07 Å². The summed E-state index contributed by atoms with van der Waals surface area (Å²) < 4.78 is 5.59. The van der Waals surface area contributed by atoms with Crippen LogP contribution >= 0.6 is 0 Å². The van der Waals surface area contributed by atoms with E-state index in [1.165, 1.54) is 0 Å². The minimum atomic E-state index is -1.53. The molecule has 0 amide bonds. The van der Waals surface area contributed by atoms with Gasteiger partial charge in [-0.3, -0.25) is 9.59 Å². The molecular formula is C23H19NO3. The Morgan fingerprint density at radius 3 is 2.37 bits per heavy atom. The van der Waals surface area contributed by atoms with Crippen molar-refractivity contribution in [1.29, 1.82) is 0 Å². The number of esters is 1. The van der Waals surface area contributed by atoms with Crippen molar-refractivity contribution in [1.82, 2.24) is 0 Å². The fourth-order valence-electron chi connectivity index (χ4n) is 3.21. The molecule has 0 aliphatic carbocycles. The lowest BCUT2D eigenvalue weighted by atomic mass is 9.97. The molecule has 0 aromatic heterocycles. The number of aliphatic imine (C=N–C) groups is 1. The molecule has 27 heavy (non-hydrogen) atoms. The first-order valence-corrected chi connectivity index (χ1v) is 9.05. The van der Waals surface area contributed by atoms with Crippen molar-refractivity contribution >= 4 is 28.2 Å². The molecule has 0 fully saturated rings. The molecule has 1 aliphatic heterocycles. The monoisotopic (exact) mass is 357 g/mol. The number of hydrogen-bond donors (Lipinski definition) is 0. The van der Waals surface area contributed by atoms with Gasteiger partial charge in [-0.2, -0.15) is 0 Å². The molecule has 1 unspecified atom stereocenters. The molecule has 0 saturated carbocycles. The number of nitrogens with zero attached hydrogens (tertiary/aromatic N) is 1. The van der Waals surface area contributed by atoms with Crippen LogP contribution in [-0.4, -0.2) is 23.2 Å². The van der Waals surface area contributed by atoms with Gasteiger partial charge in [0.2, 0.25) is 5.78 Å². The smallest absolute Gasteiger partial charge is 0.310 e. The van der Waals surface area contributed by atoms with Crippen molar-refractivity contribution in [2.45, 2.75) is 25.5 Å². The van der Waals surface area contributed by atoms with Gasteiger partial charge >= 0.3 is 11.7 Å². The number of rotatable bonds is 6. The predicted octanol–water partition coefficient (Wildman–Crippen LogP) is 4.57. The number of ketones is 1. The second-order valence-electron chi connectivity index (χ2n) is 6.59. The minimum absolute atomic E-state index is 0.254. The first kappa shape index (κ1) is 17.2. The van der Waals surface area contributed by atoms with Crippen molar-refractivity contribution < 1.29 is 14.3 Å². The Labute approximate surface area is 157 Å². The van der Waals surface area contributed by atoms with Crippen molar-refractivity contribution in [3.05, 3.63) is 83.9 Å². The minimum Gasteiger partial charge on any atom is -0.423 e. The Kier molecular flexibility index (Phi) is 4.32. The van der Waals surface area contributed by atoms with E-state index in [0.717, 1.165) is 16.3 Å². The van der Waals surface area contributed by atoms with Gasteiger partial charge in [-0.1, -0.05) is 73.7 Å². The van der Waals surface area contributed by atoms with Crippen LogP contribution in [0.25, 0.3) is 10.8 Å².